The van der Waals surface area contributed by atoms with Crippen LogP contribution in [0.5, 0.6) is 28.7 Å². The Hall–Kier alpha value is -3.67. The fraction of sp³-hybridized carbons (Fsp3) is 0.321. The lowest BCUT2D eigenvalue weighted by molar-refractivity contribution is -0.120. The molecule has 0 amide bonds. The first-order chi connectivity index (χ1) is 16.5. The van der Waals surface area contributed by atoms with Crippen molar-refractivity contribution in [3.8, 4) is 39.9 Å². The number of Topliss-reactive ketones (excluding diaryl/α,β-unsaturated/α-hetero) is 1. The molecule has 34 heavy (non-hydrogen) atoms. The van der Waals surface area contributed by atoms with Gasteiger partial charge in [0.25, 0.3) is 0 Å². The number of carbonyl (C=O) groups excluding carboxylic acids is 1. The average Bonchev–Trinajstić information content (AvgIpc) is 3.54. The van der Waals surface area contributed by atoms with Crippen LogP contribution < -0.4 is 23.7 Å². The van der Waals surface area contributed by atoms with Crippen LogP contribution >= 0.6 is 0 Å². The molecule has 0 unspecified atom stereocenters. The third-order valence-electron chi connectivity index (χ3n) is 6.85. The summed E-state index contributed by atoms with van der Waals surface area (Å²) in [6.07, 6.45) is 2.08. The zero-order chi connectivity index (χ0) is 23.9. The Labute approximate surface area is 199 Å². The summed E-state index contributed by atoms with van der Waals surface area (Å²) < 4.78 is 27.5. The molecule has 1 fully saturated rings. The maximum absolute atomic E-state index is 13.5. The Balaban J connectivity index is 1.44. The predicted octanol–water partition coefficient (Wildman–Crippen LogP) is 5.26. The number of rotatable bonds is 8. The van der Waals surface area contributed by atoms with Gasteiger partial charge in [0.05, 0.1) is 26.7 Å². The quantitative estimate of drug-likeness (QED) is 0.457. The molecule has 0 saturated heterocycles. The summed E-state index contributed by atoms with van der Waals surface area (Å²) in [6, 6.07) is 15.9. The van der Waals surface area contributed by atoms with E-state index in [9.17, 15) is 4.79 Å². The molecule has 1 aliphatic carbocycles. The molecule has 176 valence electrons. The first kappa shape index (κ1) is 22.1. The van der Waals surface area contributed by atoms with Gasteiger partial charge in [-0.15, -0.1) is 0 Å². The SMILES string of the molecule is COc1cc(-c2cc(CC(=O)C3(c4ccc5c(c4)OCO5)CC3)ccc2C)cc(OC)c1OC. The predicted molar refractivity (Wildman–Crippen MR) is 128 cm³/mol. The van der Waals surface area contributed by atoms with Crippen LogP contribution in [0.1, 0.15) is 29.5 Å². The average molecular weight is 461 g/mol. The third kappa shape index (κ3) is 3.73. The monoisotopic (exact) mass is 460 g/mol. The molecule has 0 bridgehead atoms. The highest BCUT2D eigenvalue weighted by atomic mass is 16.7. The summed E-state index contributed by atoms with van der Waals surface area (Å²) in [7, 11) is 4.80. The zero-order valence-corrected chi connectivity index (χ0v) is 19.9. The van der Waals surface area contributed by atoms with E-state index in [1.807, 2.05) is 36.4 Å². The number of fused-ring (bicyclic) bond motifs is 1. The summed E-state index contributed by atoms with van der Waals surface area (Å²) in [6.45, 7) is 2.28. The number of hydrogen-bond donors (Lipinski definition) is 0. The molecule has 0 N–H and O–H groups in total. The minimum Gasteiger partial charge on any atom is -0.493 e. The second-order valence-corrected chi connectivity index (χ2v) is 8.81. The molecule has 1 saturated carbocycles. The molecule has 0 spiro atoms. The van der Waals surface area contributed by atoms with E-state index in [2.05, 4.69) is 19.1 Å². The van der Waals surface area contributed by atoms with E-state index in [0.717, 1.165) is 52.2 Å². The maximum Gasteiger partial charge on any atom is 0.231 e. The number of carbonyl (C=O) groups is 1. The lowest BCUT2D eigenvalue weighted by Crippen LogP contribution is -2.22. The smallest absolute Gasteiger partial charge is 0.231 e. The largest absolute Gasteiger partial charge is 0.493 e. The summed E-state index contributed by atoms with van der Waals surface area (Å²) in [5.41, 5.74) is 4.63. The van der Waals surface area contributed by atoms with E-state index in [-0.39, 0.29) is 12.6 Å². The molecule has 3 aromatic carbocycles. The van der Waals surface area contributed by atoms with Crippen molar-refractivity contribution in [1.82, 2.24) is 0 Å². The molecule has 6 nitrogen and oxygen atoms in total. The van der Waals surface area contributed by atoms with Gasteiger partial charge in [0.1, 0.15) is 5.78 Å². The van der Waals surface area contributed by atoms with Gasteiger partial charge in [-0.3, -0.25) is 4.79 Å². The van der Waals surface area contributed by atoms with Gasteiger partial charge < -0.3 is 23.7 Å². The van der Waals surface area contributed by atoms with Crippen LogP contribution in [0.25, 0.3) is 11.1 Å². The Morgan fingerprint density at radius 3 is 2.24 bits per heavy atom. The van der Waals surface area contributed by atoms with Crippen LogP contribution in [0.15, 0.2) is 48.5 Å². The van der Waals surface area contributed by atoms with Crippen LogP contribution in [0.3, 0.4) is 0 Å². The summed E-state index contributed by atoms with van der Waals surface area (Å²) in [5, 5.41) is 0. The number of hydrogen-bond acceptors (Lipinski definition) is 6. The van der Waals surface area contributed by atoms with Gasteiger partial charge in [0.2, 0.25) is 12.5 Å². The van der Waals surface area contributed by atoms with Gasteiger partial charge in [-0.2, -0.15) is 0 Å². The van der Waals surface area contributed by atoms with Crippen LogP contribution in [0, 0.1) is 6.92 Å². The second kappa shape index (κ2) is 8.60. The molecule has 2 aliphatic rings. The minimum absolute atomic E-state index is 0.228. The van der Waals surface area contributed by atoms with E-state index >= 15 is 0 Å². The molecule has 1 aliphatic heterocycles. The van der Waals surface area contributed by atoms with Crippen molar-refractivity contribution in [2.45, 2.75) is 31.6 Å². The highest BCUT2D eigenvalue weighted by Gasteiger charge is 2.50. The molecular weight excluding hydrogens is 432 g/mol. The highest BCUT2D eigenvalue weighted by Crippen LogP contribution is 2.51. The van der Waals surface area contributed by atoms with Gasteiger partial charge in [0, 0.05) is 6.42 Å². The Bertz CT molecular complexity index is 1230. The number of ketones is 1. The molecular formula is C28H28O6. The van der Waals surface area contributed by atoms with Crippen LogP contribution in [0.2, 0.25) is 0 Å². The van der Waals surface area contributed by atoms with Gasteiger partial charge in [-0.1, -0.05) is 24.3 Å². The van der Waals surface area contributed by atoms with Crippen molar-refractivity contribution in [3.63, 3.8) is 0 Å². The molecule has 3 aromatic rings. The van der Waals surface area contributed by atoms with Crippen molar-refractivity contribution in [2.75, 3.05) is 28.1 Å². The molecule has 0 radical (unpaired) electrons. The third-order valence-corrected chi connectivity index (χ3v) is 6.85. The van der Waals surface area contributed by atoms with Crippen LogP contribution in [0.4, 0.5) is 0 Å². The first-order valence-corrected chi connectivity index (χ1v) is 11.3. The number of aryl methyl sites for hydroxylation is 1. The zero-order valence-electron chi connectivity index (χ0n) is 19.9. The van der Waals surface area contributed by atoms with E-state index in [1.165, 1.54) is 0 Å². The fourth-order valence-corrected chi connectivity index (χ4v) is 4.73. The summed E-state index contributed by atoms with van der Waals surface area (Å²) >= 11 is 0. The fourth-order valence-electron chi connectivity index (χ4n) is 4.73. The van der Waals surface area contributed by atoms with Crippen LogP contribution in [-0.2, 0) is 16.6 Å². The topological polar surface area (TPSA) is 63.2 Å². The molecule has 0 atom stereocenters. The lowest BCUT2D eigenvalue weighted by atomic mass is 9.87. The van der Waals surface area contributed by atoms with Gasteiger partial charge >= 0.3 is 0 Å². The molecule has 1 heterocycles. The number of ether oxygens (including phenoxy) is 5. The summed E-state index contributed by atoms with van der Waals surface area (Å²) in [4.78, 5) is 13.5. The van der Waals surface area contributed by atoms with E-state index in [4.69, 9.17) is 23.7 Å². The normalized spacial score (nSPS) is 15.1. The Morgan fingerprint density at radius 2 is 1.59 bits per heavy atom. The first-order valence-electron chi connectivity index (χ1n) is 11.3. The van der Waals surface area contributed by atoms with Crippen molar-refractivity contribution in [2.24, 2.45) is 0 Å². The van der Waals surface area contributed by atoms with E-state index in [1.54, 1.807) is 21.3 Å². The minimum atomic E-state index is -0.432. The molecule has 0 aromatic heterocycles. The Morgan fingerprint density at radius 1 is 0.882 bits per heavy atom. The number of methoxy groups -OCH3 is 3. The second-order valence-electron chi connectivity index (χ2n) is 8.81. The van der Waals surface area contributed by atoms with Gasteiger partial charge in [-0.25, -0.2) is 0 Å². The molecule has 6 heteroatoms. The van der Waals surface area contributed by atoms with Crippen molar-refractivity contribution in [3.05, 3.63) is 65.2 Å². The van der Waals surface area contributed by atoms with Gasteiger partial charge in [-0.05, 0) is 71.8 Å². The van der Waals surface area contributed by atoms with Crippen molar-refractivity contribution >= 4 is 5.78 Å². The summed E-state index contributed by atoms with van der Waals surface area (Å²) in [5.74, 6) is 3.43. The van der Waals surface area contributed by atoms with E-state index in [0.29, 0.717) is 23.7 Å². The molecule has 5 rings (SSSR count). The van der Waals surface area contributed by atoms with Gasteiger partial charge in [0.15, 0.2) is 23.0 Å². The van der Waals surface area contributed by atoms with E-state index < -0.39 is 5.41 Å². The standard InChI is InChI=1S/C28H28O6/c1-17-5-6-18(11-21(17)19-13-24(30-2)27(32-4)25(14-19)31-3)12-26(29)28(9-10-28)20-7-8-22-23(15-20)34-16-33-22/h5-8,11,13-15H,9-10,12,16H2,1-4H3. The maximum atomic E-state index is 13.5. The Kier molecular flexibility index (Phi) is 5.60. The lowest BCUT2D eigenvalue weighted by Gasteiger charge is -2.17. The van der Waals surface area contributed by atoms with Crippen molar-refractivity contribution in [1.29, 1.82) is 0 Å². The number of benzene rings is 3. The van der Waals surface area contributed by atoms with Crippen LogP contribution in [-0.4, -0.2) is 33.9 Å². The van der Waals surface area contributed by atoms with Crippen molar-refractivity contribution < 1.29 is 28.5 Å². The highest BCUT2D eigenvalue weighted by molar-refractivity contribution is 5.95.